The molecule has 1 N–H and O–H groups in total. The molecule has 0 unspecified atom stereocenters. The van der Waals surface area contributed by atoms with Gasteiger partial charge in [-0.3, -0.25) is 9.36 Å². The van der Waals surface area contributed by atoms with Gasteiger partial charge in [-0.25, -0.2) is 9.97 Å². The summed E-state index contributed by atoms with van der Waals surface area (Å²) in [6.07, 6.45) is 6.32. The summed E-state index contributed by atoms with van der Waals surface area (Å²) < 4.78 is 3.94. The van der Waals surface area contributed by atoms with E-state index in [1.54, 1.807) is 11.3 Å². The number of imidazole rings is 1. The van der Waals surface area contributed by atoms with E-state index >= 15 is 0 Å². The first-order chi connectivity index (χ1) is 14.1. The number of para-hydroxylation sites is 2. The molecule has 0 saturated heterocycles. The number of nitrogens with zero attached hydrogens (tertiary/aromatic N) is 4. The van der Waals surface area contributed by atoms with Crippen molar-refractivity contribution in [2.45, 2.75) is 52.1 Å². The average Bonchev–Trinajstić information content (AvgIpc) is 3.29. The normalized spacial score (nSPS) is 14.0. The van der Waals surface area contributed by atoms with Gasteiger partial charge in [0, 0.05) is 24.0 Å². The largest absolute Gasteiger partial charge is 0.354 e. The van der Waals surface area contributed by atoms with Crippen LogP contribution in [0.25, 0.3) is 21.3 Å². The molecule has 0 atom stereocenters. The second-order valence-corrected chi connectivity index (χ2v) is 9.03. The monoisotopic (exact) mass is 407 g/mol. The first kappa shape index (κ1) is 18.4. The summed E-state index contributed by atoms with van der Waals surface area (Å²) in [5, 5.41) is 4.27. The maximum absolute atomic E-state index is 13.4. The predicted molar refractivity (Wildman–Crippen MR) is 119 cm³/mol. The van der Waals surface area contributed by atoms with Crippen LogP contribution in [0.4, 0.5) is 5.95 Å². The van der Waals surface area contributed by atoms with Crippen molar-refractivity contribution in [1.82, 2.24) is 19.1 Å². The molecule has 0 spiro atoms. The second-order valence-electron chi connectivity index (χ2n) is 7.95. The highest BCUT2D eigenvalue weighted by Crippen LogP contribution is 2.34. The Bertz CT molecular complexity index is 1250. The summed E-state index contributed by atoms with van der Waals surface area (Å²) in [4.78, 5) is 24.9. The van der Waals surface area contributed by atoms with Gasteiger partial charge >= 0.3 is 0 Å². The molecule has 7 heteroatoms. The zero-order valence-electron chi connectivity index (χ0n) is 16.8. The maximum atomic E-state index is 13.4. The molecule has 0 saturated carbocycles. The van der Waals surface area contributed by atoms with Gasteiger partial charge in [0.15, 0.2) is 0 Å². The Kier molecular flexibility index (Phi) is 4.62. The molecule has 3 aromatic heterocycles. The summed E-state index contributed by atoms with van der Waals surface area (Å²) in [7, 11) is 0. The molecule has 5 rings (SSSR count). The minimum absolute atomic E-state index is 0.0510. The van der Waals surface area contributed by atoms with E-state index in [0.717, 1.165) is 40.6 Å². The van der Waals surface area contributed by atoms with Crippen LogP contribution < -0.4 is 10.9 Å². The Morgan fingerprint density at radius 2 is 2.03 bits per heavy atom. The van der Waals surface area contributed by atoms with Gasteiger partial charge in [-0.1, -0.05) is 12.1 Å². The lowest BCUT2D eigenvalue weighted by molar-refractivity contribution is 0.577. The molecule has 29 heavy (non-hydrogen) atoms. The van der Waals surface area contributed by atoms with Gasteiger partial charge < -0.3 is 9.88 Å². The van der Waals surface area contributed by atoms with Crippen molar-refractivity contribution >= 4 is 38.5 Å². The lowest BCUT2D eigenvalue weighted by Crippen LogP contribution is -2.27. The zero-order chi connectivity index (χ0) is 20.0. The van der Waals surface area contributed by atoms with Gasteiger partial charge in [-0.05, 0) is 57.2 Å². The van der Waals surface area contributed by atoms with Crippen LogP contribution in [0, 0.1) is 0 Å². The van der Waals surface area contributed by atoms with Crippen molar-refractivity contribution in [1.29, 1.82) is 0 Å². The van der Waals surface area contributed by atoms with Gasteiger partial charge in [-0.2, -0.15) is 0 Å². The molecule has 1 aliphatic carbocycles. The Balaban J connectivity index is 1.47. The molecule has 150 valence electrons. The van der Waals surface area contributed by atoms with Crippen molar-refractivity contribution < 1.29 is 0 Å². The Morgan fingerprint density at radius 3 is 2.90 bits per heavy atom. The molecule has 4 aromatic rings. The second kappa shape index (κ2) is 7.30. The third-order valence-electron chi connectivity index (χ3n) is 5.70. The Labute approximate surface area is 173 Å². The van der Waals surface area contributed by atoms with Crippen LogP contribution in [0.1, 0.15) is 43.2 Å². The number of hydrogen-bond acceptors (Lipinski definition) is 5. The zero-order valence-corrected chi connectivity index (χ0v) is 17.6. The number of thiophene rings is 1. The predicted octanol–water partition coefficient (Wildman–Crippen LogP) is 4.38. The van der Waals surface area contributed by atoms with Crippen molar-refractivity contribution in [2.75, 3.05) is 11.9 Å². The smallest absolute Gasteiger partial charge is 0.264 e. The number of hydrogen-bond donors (Lipinski definition) is 1. The quantitative estimate of drug-likeness (QED) is 0.533. The number of aromatic nitrogens is 4. The number of benzene rings is 1. The number of anilines is 1. The highest BCUT2D eigenvalue weighted by molar-refractivity contribution is 7.18. The number of aryl methyl sites for hydroxylation is 2. The standard InChI is InChI=1S/C22H25N5OS/c1-14(2)27-21(28)19-15-7-3-6-10-18(15)29-20(19)25-22(27)23-11-12-26-13-24-16-8-4-5-9-17(16)26/h4-5,8-9,13-14H,3,6-7,10-12H2,1-2H3,(H,23,25). The molecule has 0 bridgehead atoms. The van der Waals surface area contributed by atoms with Gasteiger partial charge in [-0.15, -0.1) is 11.3 Å². The van der Waals surface area contributed by atoms with Crippen LogP contribution >= 0.6 is 11.3 Å². The van der Waals surface area contributed by atoms with E-state index < -0.39 is 0 Å². The van der Waals surface area contributed by atoms with Crippen LogP contribution in [-0.2, 0) is 19.4 Å². The van der Waals surface area contributed by atoms with E-state index in [1.807, 2.05) is 42.9 Å². The van der Waals surface area contributed by atoms with Crippen LogP contribution in [0.15, 0.2) is 35.4 Å². The first-order valence-electron chi connectivity index (χ1n) is 10.3. The van der Waals surface area contributed by atoms with Crippen molar-refractivity contribution in [2.24, 2.45) is 0 Å². The minimum atomic E-state index is 0.0510. The van der Waals surface area contributed by atoms with Crippen molar-refractivity contribution in [3.05, 3.63) is 51.4 Å². The van der Waals surface area contributed by atoms with Crippen molar-refractivity contribution in [3.63, 3.8) is 0 Å². The SMILES string of the molecule is CC(C)n1c(NCCn2cnc3ccccc32)nc2sc3c(c2c1=O)CCCC3. The molecular formula is C22H25N5OS. The van der Waals surface area contributed by atoms with E-state index in [4.69, 9.17) is 4.98 Å². The van der Waals surface area contributed by atoms with Gasteiger partial charge in [0.1, 0.15) is 4.83 Å². The molecule has 1 aliphatic rings. The highest BCUT2D eigenvalue weighted by Gasteiger charge is 2.22. The number of rotatable bonds is 5. The first-order valence-corrected chi connectivity index (χ1v) is 11.2. The number of fused-ring (bicyclic) bond motifs is 4. The molecule has 6 nitrogen and oxygen atoms in total. The third-order valence-corrected chi connectivity index (χ3v) is 6.89. The van der Waals surface area contributed by atoms with Crippen LogP contribution in [0.5, 0.6) is 0 Å². The van der Waals surface area contributed by atoms with Gasteiger partial charge in [0.25, 0.3) is 5.56 Å². The minimum Gasteiger partial charge on any atom is -0.354 e. The summed E-state index contributed by atoms with van der Waals surface area (Å²) in [5.74, 6) is 0.667. The lowest BCUT2D eigenvalue weighted by atomic mass is 9.97. The fourth-order valence-electron chi connectivity index (χ4n) is 4.30. The Hall–Kier alpha value is -2.67. The summed E-state index contributed by atoms with van der Waals surface area (Å²) in [6, 6.07) is 8.17. The molecule has 0 fully saturated rings. The van der Waals surface area contributed by atoms with E-state index in [2.05, 4.69) is 20.9 Å². The average molecular weight is 408 g/mol. The summed E-state index contributed by atoms with van der Waals surface area (Å²) in [5.41, 5.74) is 3.46. The van der Waals surface area contributed by atoms with Crippen LogP contribution in [0.3, 0.4) is 0 Å². The van der Waals surface area contributed by atoms with Crippen LogP contribution in [-0.4, -0.2) is 25.6 Å². The molecule has 0 radical (unpaired) electrons. The van der Waals surface area contributed by atoms with Crippen LogP contribution in [0.2, 0.25) is 0 Å². The third kappa shape index (κ3) is 3.13. The molecule has 3 heterocycles. The molecule has 0 amide bonds. The number of nitrogens with one attached hydrogen (secondary N) is 1. The topological polar surface area (TPSA) is 64.7 Å². The summed E-state index contributed by atoms with van der Waals surface area (Å²) >= 11 is 1.70. The maximum Gasteiger partial charge on any atom is 0.264 e. The Morgan fingerprint density at radius 1 is 1.21 bits per heavy atom. The highest BCUT2D eigenvalue weighted by atomic mass is 32.1. The van der Waals surface area contributed by atoms with E-state index in [9.17, 15) is 4.79 Å². The molecule has 0 aliphatic heterocycles. The van der Waals surface area contributed by atoms with Gasteiger partial charge in [0.05, 0.1) is 22.7 Å². The van der Waals surface area contributed by atoms with Gasteiger partial charge in [0.2, 0.25) is 5.95 Å². The van der Waals surface area contributed by atoms with Crippen molar-refractivity contribution in [3.8, 4) is 0 Å². The lowest BCUT2D eigenvalue weighted by Gasteiger charge is -2.17. The molecular weight excluding hydrogens is 382 g/mol. The summed E-state index contributed by atoms with van der Waals surface area (Å²) in [6.45, 7) is 5.52. The fraction of sp³-hybridized carbons (Fsp3) is 0.409. The van der Waals surface area contributed by atoms with E-state index in [0.29, 0.717) is 12.5 Å². The fourth-order valence-corrected chi connectivity index (χ4v) is 5.55. The van der Waals surface area contributed by atoms with E-state index in [-0.39, 0.29) is 11.6 Å². The van der Waals surface area contributed by atoms with E-state index in [1.165, 1.54) is 23.3 Å². The molecule has 1 aromatic carbocycles.